The van der Waals surface area contributed by atoms with Gasteiger partial charge >= 0.3 is 0 Å². The van der Waals surface area contributed by atoms with E-state index in [0.29, 0.717) is 17.2 Å². The van der Waals surface area contributed by atoms with Crippen LogP contribution in [0.3, 0.4) is 0 Å². The van der Waals surface area contributed by atoms with Gasteiger partial charge in [0.1, 0.15) is 18.3 Å². The van der Waals surface area contributed by atoms with Crippen LogP contribution in [0.15, 0.2) is 112 Å². The molecule has 11 heteroatoms. The van der Waals surface area contributed by atoms with Gasteiger partial charge in [0, 0.05) is 28.5 Å². The fourth-order valence-electron chi connectivity index (χ4n) is 5.01. The van der Waals surface area contributed by atoms with E-state index >= 15 is 0 Å². The molecular weight excluding hydrogens is 702 g/mol. The molecule has 0 spiro atoms. The number of hydrogen-bond donors (Lipinski definition) is 1. The van der Waals surface area contributed by atoms with Crippen LogP contribution in [0.4, 0.5) is 5.69 Å². The molecule has 1 N–H and O–H groups in total. The van der Waals surface area contributed by atoms with Crippen LogP contribution in [0.2, 0.25) is 5.02 Å². The number of carbonyl (C=O) groups excluding carboxylic acids is 2. The Morgan fingerprint density at radius 2 is 1.55 bits per heavy atom. The predicted octanol–water partition coefficient (Wildman–Crippen LogP) is 7.25. The van der Waals surface area contributed by atoms with E-state index in [1.54, 1.807) is 31.2 Å². The third-order valence-corrected chi connectivity index (χ3v) is 10.1. The minimum absolute atomic E-state index is 0.0464. The van der Waals surface area contributed by atoms with Crippen LogP contribution in [0.1, 0.15) is 38.3 Å². The number of amides is 2. The van der Waals surface area contributed by atoms with E-state index in [1.807, 2.05) is 68.4 Å². The van der Waals surface area contributed by atoms with Crippen molar-refractivity contribution in [2.24, 2.45) is 0 Å². The monoisotopic (exact) mass is 739 g/mol. The van der Waals surface area contributed by atoms with Crippen LogP contribution in [0.25, 0.3) is 0 Å². The maximum atomic E-state index is 14.7. The SMILES string of the molecule is CCOc1ccccc1N(CC(=O)N(Cc1cccc(Br)c1)C(Cc1ccccc1)C(=O)NC(C)CC)S(=O)(=O)c1ccc(Cl)cc1. The highest BCUT2D eigenvalue weighted by atomic mass is 79.9. The second kappa shape index (κ2) is 16.8. The molecule has 0 aromatic heterocycles. The fraction of sp³-hybridized carbons (Fsp3) is 0.278. The Hall–Kier alpha value is -3.86. The van der Waals surface area contributed by atoms with E-state index in [1.165, 1.54) is 29.2 Å². The van der Waals surface area contributed by atoms with Gasteiger partial charge in [-0.3, -0.25) is 13.9 Å². The first kappa shape index (κ1) is 36.0. The summed E-state index contributed by atoms with van der Waals surface area (Å²) in [4.78, 5) is 30.1. The van der Waals surface area contributed by atoms with E-state index in [-0.39, 0.29) is 42.1 Å². The van der Waals surface area contributed by atoms with E-state index in [4.69, 9.17) is 16.3 Å². The lowest BCUT2D eigenvalue weighted by Gasteiger charge is -2.34. The summed E-state index contributed by atoms with van der Waals surface area (Å²) >= 11 is 9.59. The first-order valence-corrected chi connectivity index (χ1v) is 18.0. The Kier molecular flexibility index (Phi) is 12.9. The Morgan fingerprint density at radius 3 is 2.21 bits per heavy atom. The fourth-order valence-corrected chi connectivity index (χ4v) is 7.01. The van der Waals surface area contributed by atoms with Crippen LogP contribution in [-0.2, 0) is 32.6 Å². The first-order chi connectivity index (χ1) is 22.5. The topological polar surface area (TPSA) is 96.0 Å². The molecule has 2 amide bonds. The lowest BCUT2D eigenvalue weighted by atomic mass is 10.0. The molecule has 0 fully saturated rings. The summed E-state index contributed by atoms with van der Waals surface area (Å²) in [5.41, 5.74) is 1.82. The van der Waals surface area contributed by atoms with Crippen molar-refractivity contribution in [1.29, 1.82) is 0 Å². The van der Waals surface area contributed by atoms with Crippen LogP contribution < -0.4 is 14.4 Å². The van der Waals surface area contributed by atoms with Crippen molar-refractivity contribution < 1.29 is 22.7 Å². The zero-order chi connectivity index (χ0) is 34.0. The van der Waals surface area contributed by atoms with Crippen LogP contribution in [0, 0.1) is 0 Å². The average Bonchev–Trinajstić information content (AvgIpc) is 3.06. The zero-order valence-electron chi connectivity index (χ0n) is 26.6. The van der Waals surface area contributed by atoms with Crippen LogP contribution >= 0.6 is 27.5 Å². The molecule has 0 saturated carbocycles. The van der Waals surface area contributed by atoms with E-state index in [0.717, 1.165) is 19.9 Å². The number of halogens is 2. The Morgan fingerprint density at radius 1 is 0.894 bits per heavy atom. The van der Waals surface area contributed by atoms with Gasteiger partial charge in [0.25, 0.3) is 10.0 Å². The van der Waals surface area contributed by atoms with Crippen molar-refractivity contribution in [3.8, 4) is 5.75 Å². The molecule has 2 unspecified atom stereocenters. The van der Waals surface area contributed by atoms with Gasteiger partial charge < -0.3 is 15.0 Å². The van der Waals surface area contributed by atoms with Gasteiger partial charge in [-0.1, -0.05) is 89.1 Å². The zero-order valence-corrected chi connectivity index (χ0v) is 29.8. The number of benzene rings is 4. The van der Waals surface area contributed by atoms with Gasteiger partial charge in [0.15, 0.2) is 0 Å². The number of rotatable bonds is 15. The molecule has 8 nitrogen and oxygen atoms in total. The molecule has 0 bridgehead atoms. The van der Waals surface area contributed by atoms with E-state index in [9.17, 15) is 18.0 Å². The number of anilines is 1. The highest BCUT2D eigenvalue weighted by Gasteiger charge is 2.36. The first-order valence-electron chi connectivity index (χ1n) is 15.4. The highest BCUT2D eigenvalue weighted by Crippen LogP contribution is 2.33. The lowest BCUT2D eigenvalue weighted by Crippen LogP contribution is -2.54. The van der Waals surface area contributed by atoms with Gasteiger partial charge in [-0.2, -0.15) is 0 Å². The van der Waals surface area contributed by atoms with Crippen molar-refractivity contribution in [2.45, 2.75) is 57.1 Å². The van der Waals surface area contributed by atoms with Crippen molar-refractivity contribution in [2.75, 3.05) is 17.5 Å². The number of para-hydroxylation sites is 2. The Labute approximate surface area is 290 Å². The smallest absolute Gasteiger partial charge is 0.264 e. The van der Waals surface area contributed by atoms with Crippen LogP contribution in [-0.4, -0.2) is 50.4 Å². The van der Waals surface area contributed by atoms with Gasteiger partial charge in [-0.05, 0) is 79.9 Å². The summed E-state index contributed by atoms with van der Waals surface area (Å²) in [6.07, 6.45) is 0.924. The minimum atomic E-state index is -4.31. The number of ether oxygens (including phenoxy) is 1. The second-order valence-corrected chi connectivity index (χ2v) is 14.3. The summed E-state index contributed by atoms with van der Waals surface area (Å²) in [5, 5.41) is 3.42. The van der Waals surface area contributed by atoms with E-state index in [2.05, 4.69) is 21.2 Å². The molecule has 4 aromatic rings. The van der Waals surface area contributed by atoms with Crippen molar-refractivity contribution in [1.82, 2.24) is 10.2 Å². The van der Waals surface area contributed by atoms with Crippen molar-refractivity contribution in [3.63, 3.8) is 0 Å². The van der Waals surface area contributed by atoms with Crippen molar-refractivity contribution in [3.05, 3.63) is 124 Å². The van der Waals surface area contributed by atoms with Gasteiger partial charge in [-0.25, -0.2) is 8.42 Å². The summed E-state index contributed by atoms with van der Waals surface area (Å²) in [7, 11) is -4.31. The van der Waals surface area contributed by atoms with Gasteiger partial charge in [0.05, 0.1) is 17.2 Å². The summed E-state index contributed by atoms with van der Waals surface area (Å²) < 4.78 is 36.3. The summed E-state index contributed by atoms with van der Waals surface area (Å²) in [5.74, 6) is -0.586. The third-order valence-electron chi connectivity index (χ3n) is 7.63. The predicted molar refractivity (Wildman–Crippen MR) is 190 cm³/mol. The average molecular weight is 741 g/mol. The minimum Gasteiger partial charge on any atom is -0.492 e. The molecule has 2 atom stereocenters. The number of hydrogen-bond acceptors (Lipinski definition) is 5. The molecule has 0 aliphatic heterocycles. The van der Waals surface area contributed by atoms with Gasteiger partial charge in [0.2, 0.25) is 11.8 Å². The molecule has 0 aliphatic rings. The molecule has 0 aliphatic carbocycles. The molecule has 0 saturated heterocycles. The largest absolute Gasteiger partial charge is 0.492 e. The molecule has 47 heavy (non-hydrogen) atoms. The normalized spacial score (nSPS) is 12.5. The molecule has 4 rings (SSSR count). The second-order valence-electron chi connectivity index (χ2n) is 11.0. The number of sulfonamides is 1. The molecule has 0 radical (unpaired) electrons. The third kappa shape index (κ3) is 9.59. The molecule has 0 heterocycles. The quantitative estimate of drug-likeness (QED) is 0.139. The molecule has 4 aromatic carbocycles. The van der Waals surface area contributed by atoms with Gasteiger partial charge in [-0.15, -0.1) is 0 Å². The number of carbonyl (C=O) groups is 2. The lowest BCUT2D eigenvalue weighted by molar-refractivity contribution is -0.140. The van der Waals surface area contributed by atoms with Crippen LogP contribution in [0.5, 0.6) is 5.75 Å². The highest BCUT2D eigenvalue weighted by molar-refractivity contribution is 9.10. The summed E-state index contributed by atoms with van der Waals surface area (Å²) in [6.45, 7) is 5.42. The number of nitrogens with zero attached hydrogens (tertiary/aromatic N) is 2. The standard InChI is InChI=1S/C36H39BrClN3O5S/c1-4-26(3)39-36(43)33(23-27-12-7-6-8-13-27)40(24-28-14-11-15-29(37)22-28)35(42)25-41(32-16-9-10-17-34(32)46-5-2)47(44,45)31-20-18-30(38)19-21-31/h6-22,26,33H,4-5,23-25H2,1-3H3,(H,39,43). The maximum Gasteiger partial charge on any atom is 0.264 e. The van der Waals surface area contributed by atoms with E-state index < -0.39 is 28.5 Å². The Balaban J connectivity index is 1.84. The number of nitrogens with one attached hydrogen (secondary N) is 1. The Bertz CT molecular complexity index is 1760. The molecule has 248 valence electrons. The van der Waals surface area contributed by atoms with Crippen molar-refractivity contribution >= 4 is 55.1 Å². The summed E-state index contributed by atoms with van der Waals surface area (Å²) in [6, 6.07) is 28.3. The maximum absolute atomic E-state index is 14.7. The molecular formula is C36H39BrClN3O5S.